The number of benzene rings is 2. The van der Waals surface area contributed by atoms with Crippen LogP contribution in [0.2, 0.25) is 5.02 Å². The Morgan fingerprint density at radius 2 is 2.03 bits per heavy atom. The maximum absolute atomic E-state index is 13.1. The molecule has 0 fully saturated rings. The first-order chi connectivity index (χ1) is 13.8. The minimum atomic E-state index is -0.553. The minimum absolute atomic E-state index is 0.0155. The smallest absolute Gasteiger partial charge is 0.237 e. The third-order valence-corrected chi connectivity index (χ3v) is 5.12. The van der Waals surface area contributed by atoms with Crippen LogP contribution in [0.25, 0.3) is 11.4 Å². The van der Waals surface area contributed by atoms with Gasteiger partial charge in [-0.25, -0.2) is 4.39 Å². The van der Waals surface area contributed by atoms with Gasteiger partial charge in [0, 0.05) is 5.56 Å². The number of amides is 2. The zero-order valence-electron chi connectivity index (χ0n) is 15.4. The first kappa shape index (κ1) is 20.8. The number of hydrogen-bond donors (Lipinski definition) is 2. The summed E-state index contributed by atoms with van der Waals surface area (Å²) in [7, 11) is 0. The molecule has 0 saturated heterocycles. The van der Waals surface area contributed by atoms with E-state index in [1.807, 2.05) is 31.2 Å². The van der Waals surface area contributed by atoms with Crippen LogP contribution in [-0.4, -0.2) is 32.3 Å². The van der Waals surface area contributed by atoms with Gasteiger partial charge in [-0.15, -0.1) is 10.2 Å². The van der Waals surface area contributed by atoms with Gasteiger partial charge in [-0.1, -0.05) is 47.1 Å². The lowest BCUT2D eigenvalue weighted by molar-refractivity contribution is -0.118. The Morgan fingerprint density at radius 3 is 2.72 bits per heavy atom. The van der Waals surface area contributed by atoms with Gasteiger partial charge in [0.25, 0.3) is 0 Å². The molecular weight excluding hydrogens is 417 g/mol. The van der Waals surface area contributed by atoms with Crippen molar-refractivity contribution in [3.63, 3.8) is 0 Å². The number of nitrogens with one attached hydrogen (secondary N) is 1. The lowest BCUT2D eigenvalue weighted by Crippen LogP contribution is -2.20. The van der Waals surface area contributed by atoms with Crippen molar-refractivity contribution in [2.75, 3.05) is 11.1 Å². The lowest BCUT2D eigenvalue weighted by Gasteiger charge is -2.09. The average molecular weight is 434 g/mol. The fraction of sp³-hybridized carbons (Fsp3) is 0.158. The van der Waals surface area contributed by atoms with Gasteiger partial charge in [-0.3, -0.25) is 14.2 Å². The fourth-order valence-electron chi connectivity index (χ4n) is 2.60. The summed E-state index contributed by atoms with van der Waals surface area (Å²) in [6, 6.07) is 11.3. The summed E-state index contributed by atoms with van der Waals surface area (Å²) in [4.78, 5) is 23.8. The van der Waals surface area contributed by atoms with Crippen LogP contribution < -0.4 is 11.1 Å². The molecule has 0 atom stereocenters. The van der Waals surface area contributed by atoms with E-state index in [1.54, 1.807) is 4.57 Å². The number of primary amides is 1. The summed E-state index contributed by atoms with van der Waals surface area (Å²) in [6.45, 7) is 1.82. The van der Waals surface area contributed by atoms with Crippen molar-refractivity contribution in [2.45, 2.75) is 18.6 Å². The molecule has 3 N–H and O–H groups in total. The Kier molecular flexibility index (Phi) is 6.50. The molecule has 7 nitrogen and oxygen atoms in total. The number of aromatic nitrogens is 3. The second kappa shape index (κ2) is 9.06. The highest BCUT2D eigenvalue weighted by Gasteiger charge is 2.17. The van der Waals surface area contributed by atoms with Crippen LogP contribution in [0.1, 0.15) is 5.56 Å². The van der Waals surface area contributed by atoms with Crippen LogP contribution >= 0.6 is 23.4 Å². The van der Waals surface area contributed by atoms with Crippen LogP contribution in [0.5, 0.6) is 0 Å². The zero-order chi connectivity index (χ0) is 21.0. The molecule has 0 aliphatic heterocycles. The van der Waals surface area contributed by atoms with Gasteiger partial charge in [0.1, 0.15) is 12.4 Å². The predicted molar refractivity (Wildman–Crippen MR) is 110 cm³/mol. The molecule has 3 rings (SSSR count). The monoisotopic (exact) mass is 433 g/mol. The van der Waals surface area contributed by atoms with E-state index in [4.69, 9.17) is 17.3 Å². The summed E-state index contributed by atoms with van der Waals surface area (Å²) in [6.07, 6.45) is 0. The molecule has 2 aromatic carbocycles. The molecule has 0 bridgehead atoms. The highest BCUT2D eigenvalue weighted by molar-refractivity contribution is 7.99. The van der Waals surface area contributed by atoms with E-state index in [-0.39, 0.29) is 23.2 Å². The van der Waals surface area contributed by atoms with Gasteiger partial charge < -0.3 is 11.1 Å². The molecule has 3 aromatic rings. The van der Waals surface area contributed by atoms with Crippen molar-refractivity contribution in [3.05, 3.63) is 58.9 Å². The first-order valence-corrected chi connectivity index (χ1v) is 9.86. The van der Waals surface area contributed by atoms with Gasteiger partial charge >= 0.3 is 0 Å². The molecule has 150 valence electrons. The molecule has 10 heteroatoms. The zero-order valence-corrected chi connectivity index (χ0v) is 16.9. The number of aryl methyl sites for hydroxylation is 1. The molecule has 1 aromatic heterocycles. The molecule has 0 unspecified atom stereocenters. The maximum Gasteiger partial charge on any atom is 0.237 e. The van der Waals surface area contributed by atoms with Crippen molar-refractivity contribution >= 4 is 40.9 Å². The van der Waals surface area contributed by atoms with Gasteiger partial charge in [0.05, 0.1) is 16.5 Å². The van der Waals surface area contributed by atoms with E-state index in [1.165, 1.54) is 12.1 Å². The van der Waals surface area contributed by atoms with E-state index >= 15 is 0 Å². The summed E-state index contributed by atoms with van der Waals surface area (Å²) < 4.78 is 14.7. The molecule has 29 heavy (non-hydrogen) atoms. The normalized spacial score (nSPS) is 10.7. The number of nitrogens with two attached hydrogens (primary N) is 1. The van der Waals surface area contributed by atoms with E-state index in [0.29, 0.717) is 16.7 Å². The standard InChI is InChI=1S/C19H17ClFN5O2S/c1-11-3-2-4-12(7-11)18-24-25-19(26(18)9-16(22)27)29-10-17(28)23-15-6-5-13(21)8-14(15)20/h2-8H,9-10H2,1H3,(H2,22,27)(H,23,28). The molecule has 0 saturated carbocycles. The van der Waals surface area contributed by atoms with Crippen LogP contribution in [0.15, 0.2) is 47.6 Å². The number of carbonyl (C=O) groups is 2. The van der Waals surface area contributed by atoms with Crippen molar-refractivity contribution in [1.29, 1.82) is 0 Å². The Hall–Kier alpha value is -2.91. The SMILES string of the molecule is Cc1cccc(-c2nnc(SCC(=O)Nc3ccc(F)cc3Cl)n2CC(N)=O)c1. The quantitative estimate of drug-likeness (QED) is 0.556. The number of nitrogens with zero attached hydrogens (tertiary/aromatic N) is 3. The largest absolute Gasteiger partial charge is 0.368 e. The number of halogens is 2. The summed E-state index contributed by atoms with van der Waals surface area (Å²) >= 11 is 7.02. The third-order valence-electron chi connectivity index (χ3n) is 3.84. The fourth-order valence-corrected chi connectivity index (χ4v) is 3.55. The summed E-state index contributed by atoms with van der Waals surface area (Å²) in [5.74, 6) is -0.946. The Bertz CT molecular complexity index is 1070. The van der Waals surface area contributed by atoms with Crippen LogP contribution in [0, 0.1) is 12.7 Å². The molecule has 0 radical (unpaired) electrons. The number of rotatable bonds is 7. The van der Waals surface area contributed by atoms with Gasteiger partial charge in [0.2, 0.25) is 11.8 Å². The van der Waals surface area contributed by atoms with Crippen molar-refractivity contribution in [2.24, 2.45) is 5.73 Å². The predicted octanol–water partition coefficient (Wildman–Crippen LogP) is 3.26. The Labute approximate surface area is 175 Å². The van der Waals surface area contributed by atoms with Crippen LogP contribution in [0.3, 0.4) is 0 Å². The van der Waals surface area contributed by atoms with E-state index in [0.717, 1.165) is 29.0 Å². The van der Waals surface area contributed by atoms with Crippen molar-refractivity contribution in [3.8, 4) is 11.4 Å². The Morgan fingerprint density at radius 1 is 1.24 bits per heavy atom. The van der Waals surface area contributed by atoms with Crippen molar-refractivity contribution < 1.29 is 14.0 Å². The topological polar surface area (TPSA) is 103 Å². The van der Waals surface area contributed by atoms with E-state index in [9.17, 15) is 14.0 Å². The molecule has 1 heterocycles. The van der Waals surface area contributed by atoms with Gasteiger partial charge in [-0.2, -0.15) is 0 Å². The van der Waals surface area contributed by atoms with Gasteiger partial charge in [-0.05, 0) is 31.2 Å². The highest BCUT2D eigenvalue weighted by Crippen LogP contribution is 2.26. The van der Waals surface area contributed by atoms with Crippen molar-refractivity contribution in [1.82, 2.24) is 14.8 Å². The van der Waals surface area contributed by atoms with Gasteiger partial charge in [0.15, 0.2) is 11.0 Å². The maximum atomic E-state index is 13.1. The van der Waals surface area contributed by atoms with Crippen LogP contribution in [-0.2, 0) is 16.1 Å². The van der Waals surface area contributed by atoms with Crippen LogP contribution in [0.4, 0.5) is 10.1 Å². The molecule has 0 aliphatic rings. The summed E-state index contributed by atoms with van der Waals surface area (Å²) in [5, 5.41) is 11.3. The number of thioether (sulfide) groups is 1. The lowest BCUT2D eigenvalue weighted by atomic mass is 10.1. The first-order valence-electron chi connectivity index (χ1n) is 8.49. The second-order valence-electron chi connectivity index (χ2n) is 6.19. The Balaban J connectivity index is 1.76. The number of carbonyl (C=O) groups excluding carboxylic acids is 2. The second-order valence-corrected chi connectivity index (χ2v) is 7.54. The molecular formula is C19H17ClFN5O2S. The summed E-state index contributed by atoms with van der Waals surface area (Å²) in [5.41, 5.74) is 7.48. The number of hydrogen-bond acceptors (Lipinski definition) is 5. The van der Waals surface area contributed by atoms with E-state index < -0.39 is 11.7 Å². The average Bonchev–Trinajstić information content (AvgIpc) is 3.04. The molecule has 0 aliphatic carbocycles. The molecule has 2 amide bonds. The minimum Gasteiger partial charge on any atom is -0.368 e. The highest BCUT2D eigenvalue weighted by atomic mass is 35.5. The third kappa shape index (κ3) is 5.33. The van der Waals surface area contributed by atoms with E-state index in [2.05, 4.69) is 15.5 Å². The molecule has 0 spiro atoms. The number of anilines is 1.